The van der Waals surface area contributed by atoms with E-state index in [1.165, 1.54) is 0 Å². The quantitative estimate of drug-likeness (QED) is 0.623. The minimum absolute atomic E-state index is 0.0346. The van der Waals surface area contributed by atoms with Crippen molar-refractivity contribution in [3.05, 3.63) is 42.8 Å². The molecule has 0 N–H and O–H groups in total. The van der Waals surface area contributed by atoms with Crippen LogP contribution in [0.1, 0.15) is 23.7 Å². The Kier molecular flexibility index (Phi) is 3.03. The Morgan fingerprint density at radius 1 is 1.42 bits per heavy atom. The standard InChI is InChI=1S/C11H13O/c1-3-9(2)11(12)10-7-5-4-6-8-10/h4-9H,1,3H2,2H3. The fraction of sp³-hybridized carbons (Fsp3) is 0.273. The number of ketones is 1. The second-order valence-electron chi connectivity index (χ2n) is 2.92. The van der Waals surface area contributed by atoms with Crippen LogP contribution in [0.4, 0.5) is 0 Å². The highest BCUT2D eigenvalue weighted by Gasteiger charge is 2.11. The van der Waals surface area contributed by atoms with E-state index in [-0.39, 0.29) is 11.7 Å². The smallest absolute Gasteiger partial charge is 0.165 e. The van der Waals surface area contributed by atoms with E-state index in [0.29, 0.717) is 6.42 Å². The number of carbonyl (C=O) groups is 1. The Morgan fingerprint density at radius 3 is 2.50 bits per heavy atom. The molecule has 1 nitrogen and oxygen atoms in total. The lowest BCUT2D eigenvalue weighted by atomic mass is 9.97. The van der Waals surface area contributed by atoms with E-state index in [9.17, 15) is 4.79 Å². The molecule has 1 radical (unpaired) electrons. The van der Waals surface area contributed by atoms with Crippen molar-refractivity contribution in [2.75, 3.05) is 0 Å². The highest BCUT2D eigenvalue weighted by Crippen LogP contribution is 2.10. The molecule has 1 aromatic carbocycles. The summed E-state index contributed by atoms with van der Waals surface area (Å²) in [7, 11) is 0. The monoisotopic (exact) mass is 161 g/mol. The van der Waals surface area contributed by atoms with Gasteiger partial charge in [0.1, 0.15) is 0 Å². The van der Waals surface area contributed by atoms with Crippen LogP contribution in [0.15, 0.2) is 30.3 Å². The van der Waals surface area contributed by atoms with Crippen LogP contribution in [-0.2, 0) is 0 Å². The van der Waals surface area contributed by atoms with Crippen molar-refractivity contribution in [2.24, 2.45) is 5.92 Å². The van der Waals surface area contributed by atoms with Crippen LogP contribution in [0.25, 0.3) is 0 Å². The van der Waals surface area contributed by atoms with Crippen molar-refractivity contribution in [3.63, 3.8) is 0 Å². The van der Waals surface area contributed by atoms with E-state index >= 15 is 0 Å². The average molecular weight is 161 g/mol. The van der Waals surface area contributed by atoms with Crippen molar-refractivity contribution >= 4 is 5.78 Å². The van der Waals surface area contributed by atoms with Crippen LogP contribution in [-0.4, -0.2) is 5.78 Å². The molecule has 0 heterocycles. The first-order valence-corrected chi connectivity index (χ1v) is 4.14. The van der Waals surface area contributed by atoms with Gasteiger partial charge in [-0.25, -0.2) is 0 Å². The normalized spacial score (nSPS) is 12.5. The molecule has 0 aliphatic carbocycles. The summed E-state index contributed by atoms with van der Waals surface area (Å²) in [5.74, 6) is 0.220. The van der Waals surface area contributed by atoms with Crippen molar-refractivity contribution < 1.29 is 4.79 Å². The fourth-order valence-corrected chi connectivity index (χ4v) is 1.02. The van der Waals surface area contributed by atoms with Crippen molar-refractivity contribution in [2.45, 2.75) is 13.3 Å². The molecule has 0 aliphatic heterocycles. The van der Waals surface area contributed by atoms with Crippen molar-refractivity contribution in [1.29, 1.82) is 0 Å². The number of carbonyl (C=O) groups excluding carboxylic acids is 1. The second-order valence-corrected chi connectivity index (χ2v) is 2.92. The zero-order chi connectivity index (χ0) is 8.97. The molecule has 12 heavy (non-hydrogen) atoms. The summed E-state index contributed by atoms with van der Waals surface area (Å²) < 4.78 is 0. The molecular weight excluding hydrogens is 148 g/mol. The lowest BCUT2D eigenvalue weighted by Crippen LogP contribution is -2.09. The minimum atomic E-state index is 0.0346. The van der Waals surface area contributed by atoms with Gasteiger partial charge in [-0.2, -0.15) is 0 Å². The van der Waals surface area contributed by atoms with Gasteiger partial charge >= 0.3 is 0 Å². The number of rotatable bonds is 3. The van der Waals surface area contributed by atoms with Gasteiger partial charge in [-0.1, -0.05) is 44.2 Å². The van der Waals surface area contributed by atoms with Gasteiger partial charge in [0.05, 0.1) is 0 Å². The van der Waals surface area contributed by atoms with E-state index in [1.54, 1.807) is 0 Å². The third-order valence-corrected chi connectivity index (χ3v) is 1.94. The zero-order valence-electron chi connectivity index (χ0n) is 7.29. The van der Waals surface area contributed by atoms with Gasteiger partial charge < -0.3 is 0 Å². The van der Waals surface area contributed by atoms with E-state index in [0.717, 1.165) is 5.56 Å². The summed E-state index contributed by atoms with van der Waals surface area (Å²) in [5, 5.41) is 0. The van der Waals surface area contributed by atoms with Gasteiger partial charge in [-0.05, 0) is 6.42 Å². The van der Waals surface area contributed by atoms with Gasteiger partial charge in [-0.3, -0.25) is 4.79 Å². The molecule has 1 rings (SSSR count). The van der Waals surface area contributed by atoms with E-state index in [4.69, 9.17) is 0 Å². The van der Waals surface area contributed by atoms with Gasteiger partial charge in [0, 0.05) is 11.5 Å². The molecule has 1 aromatic rings. The van der Waals surface area contributed by atoms with E-state index in [2.05, 4.69) is 6.92 Å². The largest absolute Gasteiger partial charge is 0.294 e. The maximum Gasteiger partial charge on any atom is 0.165 e. The highest BCUT2D eigenvalue weighted by molar-refractivity contribution is 5.97. The van der Waals surface area contributed by atoms with Crippen LogP contribution in [0.3, 0.4) is 0 Å². The Balaban J connectivity index is 2.79. The molecule has 0 bridgehead atoms. The van der Waals surface area contributed by atoms with E-state index < -0.39 is 0 Å². The fourth-order valence-electron chi connectivity index (χ4n) is 1.02. The predicted molar refractivity (Wildman–Crippen MR) is 49.9 cm³/mol. The maximum absolute atomic E-state index is 11.5. The third-order valence-electron chi connectivity index (χ3n) is 1.94. The molecule has 0 saturated carbocycles. The topological polar surface area (TPSA) is 17.1 Å². The molecule has 1 unspecified atom stereocenters. The molecule has 0 aliphatic rings. The van der Waals surface area contributed by atoms with E-state index in [1.807, 2.05) is 37.3 Å². The Bertz CT molecular complexity index is 251. The first-order chi connectivity index (χ1) is 5.75. The van der Waals surface area contributed by atoms with Crippen LogP contribution in [0.2, 0.25) is 0 Å². The Morgan fingerprint density at radius 2 is 2.00 bits per heavy atom. The summed E-state index contributed by atoms with van der Waals surface area (Å²) in [4.78, 5) is 11.5. The third kappa shape index (κ3) is 1.94. The van der Waals surface area contributed by atoms with Gasteiger partial charge in [-0.15, -0.1) is 0 Å². The molecule has 1 atom stereocenters. The van der Waals surface area contributed by atoms with Crippen LogP contribution in [0, 0.1) is 12.8 Å². The number of Topliss-reactive ketones (excluding diaryl/α,β-unsaturated/α-hetero) is 1. The van der Waals surface area contributed by atoms with Gasteiger partial charge in [0.2, 0.25) is 0 Å². The summed E-state index contributed by atoms with van der Waals surface area (Å²) in [6.45, 7) is 5.62. The number of benzene rings is 1. The molecular formula is C11H13O. The molecule has 0 aromatic heterocycles. The minimum Gasteiger partial charge on any atom is -0.294 e. The van der Waals surface area contributed by atoms with Crippen LogP contribution < -0.4 is 0 Å². The number of hydrogen-bond acceptors (Lipinski definition) is 1. The SMILES string of the molecule is [CH2]CC(C)C(=O)c1ccccc1. The Labute approximate surface area is 73.4 Å². The maximum atomic E-state index is 11.5. The Hall–Kier alpha value is -1.11. The molecule has 1 heteroatoms. The average Bonchev–Trinajstić information content (AvgIpc) is 2.17. The summed E-state index contributed by atoms with van der Waals surface area (Å²) in [6.07, 6.45) is 0.660. The van der Waals surface area contributed by atoms with Crippen molar-refractivity contribution in [3.8, 4) is 0 Å². The summed E-state index contributed by atoms with van der Waals surface area (Å²) >= 11 is 0. The highest BCUT2D eigenvalue weighted by atomic mass is 16.1. The zero-order valence-corrected chi connectivity index (χ0v) is 7.29. The molecule has 0 amide bonds. The first-order valence-electron chi connectivity index (χ1n) is 4.14. The molecule has 63 valence electrons. The second kappa shape index (κ2) is 4.05. The predicted octanol–water partition coefficient (Wildman–Crippen LogP) is 2.73. The number of hydrogen-bond donors (Lipinski definition) is 0. The molecule has 0 spiro atoms. The van der Waals surface area contributed by atoms with Gasteiger partial charge in [0.25, 0.3) is 0 Å². The lowest BCUT2D eigenvalue weighted by Gasteiger charge is -2.05. The van der Waals surface area contributed by atoms with Crippen molar-refractivity contribution in [1.82, 2.24) is 0 Å². The summed E-state index contributed by atoms with van der Waals surface area (Å²) in [6, 6.07) is 9.35. The molecule has 0 saturated heterocycles. The van der Waals surface area contributed by atoms with Gasteiger partial charge in [0.15, 0.2) is 5.78 Å². The van der Waals surface area contributed by atoms with Crippen LogP contribution in [0.5, 0.6) is 0 Å². The lowest BCUT2D eigenvalue weighted by molar-refractivity contribution is 0.0930. The van der Waals surface area contributed by atoms with Crippen LogP contribution >= 0.6 is 0 Å². The molecule has 0 fully saturated rings. The first kappa shape index (κ1) is 8.98. The summed E-state index contributed by atoms with van der Waals surface area (Å²) in [5.41, 5.74) is 0.786.